The highest BCUT2D eigenvalue weighted by atomic mass is 32.1. The van der Waals surface area contributed by atoms with E-state index in [-0.39, 0.29) is 0 Å². The summed E-state index contributed by atoms with van der Waals surface area (Å²) in [5.74, 6) is 0. The molecule has 0 aliphatic heterocycles. The number of fused-ring (bicyclic) bond motifs is 2. The van der Waals surface area contributed by atoms with Gasteiger partial charge in [0.25, 0.3) is 0 Å². The average molecular weight is 266 g/mol. The summed E-state index contributed by atoms with van der Waals surface area (Å²) in [6.07, 6.45) is 3.67. The number of nitrogens with zero attached hydrogens (tertiary/aromatic N) is 4. The van der Waals surface area contributed by atoms with E-state index in [1.165, 1.54) is 4.70 Å². The lowest BCUT2D eigenvalue weighted by Gasteiger charge is -2.02. The molecule has 0 spiro atoms. The lowest BCUT2D eigenvalue weighted by molar-refractivity contribution is 0.945. The molecule has 3 heterocycles. The molecule has 0 radical (unpaired) electrons. The summed E-state index contributed by atoms with van der Waals surface area (Å²) in [6, 6.07) is 8.19. The molecule has 0 atom stereocenters. The maximum atomic E-state index is 4.54. The summed E-state index contributed by atoms with van der Waals surface area (Å²) in [5.41, 5.74) is 6.85. The van der Waals surface area contributed by atoms with Crippen molar-refractivity contribution in [2.45, 2.75) is 0 Å². The van der Waals surface area contributed by atoms with Gasteiger partial charge in [-0.15, -0.1) is 11.3 Å². The Balaban J connectivity index is 2.01. The second-order valence-corrected chi connectivity index (χ2v) is 5.30. The molecule has 4 aromatic rings. The number of thiazole rings is 1. The fourth-order valence-electron chi connectivity index (χ4n) is 2.26. The van der Waals surface area contributed by atoms with Crippen molar-refractivity contribution in [2.24, 2.45) is 7.05 Å². The number of hydrogen-bond donors (Lipinski definition) is 0. The van der Waals surface area contributed by atoms with Crippen LogP contribution in [-0.2, 0) is 7.05 Å². The molecule has 0 saturated carbocycles. The smallest absolute Gasteiger partial charge is 0.0956 e. The van der Waals surface area contributed by atoms with Gasteiger partial charge in [0, 0.05) is 12.6 Å². The second kappa shape index (κ2) is 3.86. The van der Waals surface area contributed by atoms with E-state index in [1.807, 2.05) is 35.5 Å². The van der Waals surface area contributed by atoms with Crippen LogP contribution >= 0.6 is 11.3 Å². The van der Waals surface area contributed by atoms with Crippen molar-refractivity contribution in [3.8, 4) is 11.3 Å². The summed E-state index contributed by atoms with van der Waals surface area (Å²) in [7, 11) is 1.97. The van der Waals surface area contributed by atoms with Gasteiger partial charge in [-0.3, -0.25) is 4.98 Å². The second-order valence-electron chi connectivity index (χ2n) is 4.42. The number of pyridine rings is 1. The highest BCUT2D eigenvalue weighted by Gasteiger charge is 2.09. The van der Waals surface area contributed by atoms with Crippen molar-refractivity contribution >= 4 is 32.6 Å². The molecule has 0 aliphatic rings. The van der Waals surface area contributed by atoms with E-state index < -0.39 is 0 Å². The van der Waals surface area contributed by atoms with E-state index in [0.29, 0.717) is 0 Å². The van der Waals surface area contributed by atoms with Gasteiger partial charge >= 0.3 is 0 Å². The minimum absolute atomic E-state index is 0.919. The van der Waals surface area contributed by atoms with E-state index in [1.54, 1.807) is 17.7 Å². The Hall–Kier alpha value is -2.27. The predicted molar refractivity (Wildman–Crippen MR) is 77.1 cm³/mol. The number of benzene rings is 1. The van der Waals surface area contributed by atoms with Crippen LogP contribution in [0.25, 0.3) is 32.5 Å². The third kappa shape index (κ3) is 1.55. The lowest BCUT2D eigenvalue weighted by Crippen LogP contribution is -1.88. The first-order valence-corrected chi connectivity index (χ1v) is 6.80. The number of aromatic nitrogens is 4. The van der Waals surface area contributed by atoms with Gasteiger partial charge in [0.2, 0.25) is 0 Å². The molecular weight excluding hydrogens is 256 g/mol. The Morgan fingerprint density at radius 1 is 1.16 bits per heavy atom. The molecular formula is C14H10N4S. The van der Waals surface area contributed by atoms with Crippen molar-refractivity contribution in [3.63, 3.8) is 0 Å². The van der Waals surface area contributed by atoms with Gasteiger partial charge < -0.3 is 4.57 Å². The molecule has 4 rings (SSSR count). The van der Waals surface area contributed by atoms with Gasteiger partial charge in [0.15, 0.2) is 0 Å². The molecule has 5 heteroatoms. The minimum atomic E-state index is 0.919. The summed E-state index contributed by atoms with van der Waals surface area (Å²) in [5, 5.41) is 0. The van der Waals surface area contributed by atoms with Crippen molar-refractivity contribution in [1.29, 1.82) is 0 Å². The summed E-state index contributed by atoms with van der Waals surface area (Å²) < 4.78 is 3.15. The first-order chi connectivity index (χ1) is 9.33. The molecule has 4 nitrogen and oxygen atoms in total. The number of para-hydroxylation sites is 1. The maximum absolute atomic E-state index is 4.54. The largest absolute Gasteiger partial charge is 0.332 e. The Kier molecular flexibility index (Phi) is 2.16. The van der Waals surface area contributed by atoms with E-state index in [0.717, 1.165) is 27.8 Å². The molecule has 0 unspecified atom stereocenters. The number of rotatable bonds is 1. The van der Waals surface area contributed by atoms with Crippen LogP contribution in [0.1, 0.15) is 0 Å². The third-order valence-corrected chi connectivity index (χ3v) is 4.04. The van der Waals surface area contributed by atoms with Crippen molar-refractivity contribution in [1.82, 2.24) is 19.5 Å². The van der Waals surface area contributed by atoms with Crippen molar-refractivity contribution in [3.05, 3.63) is 42.3 Å². The SMILES string of the molecule is Cn1cnc2cc(-c3cccc4scnc34)ncc21. The van der Waals surface area contributed by atoms with Crippen LogP contribution in [0.15, 0.2) is 42.3 Å². The van der Waals surface area contributed by atoms with Gasteiger partial charge in [0.1, 0.15) is 0 Å². The van der Waals surface area contributed by atoms with E-state index in [4.69, 9.17) is 0 Å². The highest BCUT2D eigenvalue weighted by Crippen LogP contribution is 2.29. The van der Waals surface area contributed by atoms with Gasteiger partial charge in [-0.2, -0.15) is 0 Å². The topological polar surface area (TPSA) is 43.6 Å². The first-order valence-electron chi connectivity index (χ1n) is 5.92. The van der Waals surface area contributed by atoms with E-state index >= 15 is 0 Å². The molecule has 3 aromatic heterocycles. The predicted octanol–water partition coefficient (Wildman–Crippen LogP) is 3.25. The summed E-state index contributed by atoms with van der Waals surface area (Å²) >= 11 is 1.65. The van der Waals surface area contributed by atoms with Crippen molar-refractivity contribution < 1.29 is 0 Å². The zero-order chi connectivity index (χ0) is 12.8. The third-order valence-electron chi connectivity index (χ3n) is 3.25. The van der Waals surface area contributed by atoms with Gasteiger partial charge in [-0.25, -0.2) is 9.97 Å². The Morgan fingerprint density at radius 2 is 2.11 bits per heavy atom. The molecule has 0 saturated heterocycles. The Bertz CT molecular complexity index is 891. The summed E-state index contributed by atoms with van der Waals surface area (Å²) in [4.78, 5) is 13.4. The quantitative estimate of drug-likeness (QED) is 0.531. The Morgan fingerprint density at radius 3 is 3.05 bits per heavy atom. The van der Waals surface area contributed by atoms with Gasteiger partial charge in [-0.1, -0.05) is 12.1 Å². The highest BCUT2D eigenvalue weighted by molar-refractivity contribution is 7.16. The van der Waals surface area contributed by atoms with Crippen LogP contribution < -0.4 is 0 Å². The fraction of sp³-hybridized carbons (Fsp3) is 0.0714. The molecule has 0 bridgehead atoms. The van der Waals surface area contributed by atoms with Gasteiger partial charge in [-0.05, 0) is 12.1 Å². The van der Waals surface area contributed by atoms with Crippen molar-refractivity contribution in [2.75, 3.05) is 0 Å². The van der Waals surface area contributed by atoms with Crippen LogP contribution in [0, 0.1) is 0 Å². The minimum Gasteiger partial charge on any atom is -0.332 e. The molecule has 0 aliphatic carbocycles. The normalized spacial score (nSPS) is 11.4. The van der Waals surface area contributed by atoms with Crippen LogP contribution in [-0.4, -0.2) is 19.5 Å². The maximum Gasteiger partial charge on any atom is 0.0956 e. The number of aryl methyl sites for hydroxylation is 1. The van der Waals surface area contributed by atoms with Crippen LogP contribution in [0.4, 0.5) is 0 Å². The zero-order valence-electron chi connectivity index (χ0n) is 10.2. The monoisotopic (exact) mass is 266 g/mol. The Labute approximate surface area is 113 Å². The van der Waals surface area contributed by atoms with E-state index in [2.05, 4.69) is 27.1 Å². The van der Waals surface area contributed by atoms with E-state index in [9.17, 15) is 0 Å². The summed E-state index contributed by atoms with van der Waals surface area (Å²) in [6.45, 7) is 0. The average Bonchev–Trinajstić information content (AvgIpc) is 3.05. The standard InChI is InChI=1S/C14H10N4S/c1-18-7-16-11-5-10(15-6-12(11)18)9-3-2-4-13-14(9)17-8-19-13/h2-8H,1H3. The fourth-order valence-corrected chi connectivity index (χ4v) is 2.97. The first kappa shape index (κ1) is 10.6. The molecule has 0 N–H and O–H groups in total. The lowest BCUT2D eigenvalue weighted by atomic mass is 10.1. The van der Waals surface area contributed by atoms with Crippen LogP contribution in [0.3, 0.4) is 0 Å². The molecule has 92 valence electrons. The number of hydrogen-bond acceptors (Lipinski definition) is 4. The zero-order valence-corrected chi connectivity index (χ0v) is 11.1. The molecule has 0 fully saturated rings. The van der Waals surface area contributed by atoms with Crippen LogP contribution in [0.2, 0.25) is 0 Å². The number of imidazole rings is 1. The molecule has 1 aromatic carbocycles. The molecule has 19 heavy (non-hydrogen) atoms. The van der Waals surface area contributed by atoms with Gasteiger partial charge in [0.05, 0.1) is 45.0 Å². The van der Waals surface area contributed by atoms with Crippen LogP contribution in [0.5, 0.6) is 0 Å². The molecule has 0 amide bonds.